The number of carbonyl (C=O) groups is 1. The van der Waals surface area contributed by atoms with Crippen molar-refractivity contribution in [3.05, 3.63) is 59.9 Å². The number of rotatable bonds is 4. The molecule has 2 aromatic carbocycles. The molecule has 5 nitrogen and oxygen atoms in total. The molecule has 2 aromatic rings. The number of carbonyl (C=O) groups excluding carboxylic acids is 1. The van der Waals surface area contributed by atoms with Gasteiger partial charge in [0.1, 0.15) is 12.2 Å². The van der Waals surface area contributed by atoms with Crippen LogP contribution in [0.2, 0.25) is 0 Å². The van der Waals surface area contributed by atoms with Crippen LogP contribution in [0.15, 0.2) is 48.5 Å². The highest BCUT2D eigenvalue weighted by Crippen LogP contribution is 2.32. The maximum atomic E-state index is 14.5. The van der Waals surface area contributed by atoms with Crippen LogP contribution >= 0.6 is 0 Å². The first-order valence-electron chi connectivity index (χ1n) is 9.51. The summed E-state index contributed by atoms with van der Waals surface area (Å²) in [6, 6.07) is 14.6. The van der Waals surface area contributed by atoms with E-state index in [9.17, 15) is 9.18 Å². The third-order valence-electron chi connectivity index (χ3n) is 4.44. The number of ether oxygens (including phenoxy) is 2. The predicted molar refractivity (Wildman–Crippen MR) is 107 cm³/mol. The number of benzene rings is 2. The van der Waals surface area contributed by atoms with Crippen LogP contribution in [0.1, 0.15) is 26.3 Å². The predicted octanol–water partition coefficient (Wildman–Crippen LogP) is 4.46. The second kappa shape index (κ2) is 8.50. The molecule has 1 amide bonds. The summed E-state index contributed by atoms with van der Waals surface area (Å²) >= 11 is 0. The van der Waals surface area contributed by atoms with Crippen molar-refractivity contribution in [2.24, 2.45) is 0 Å². The molecule has 0 aliphatic carbocycles. The average molecular weight is 386 g/mol. The Kier molecular flexibility index (Phi) is 6.07. The summed E-state index contributed by atoms with van der Waals surface area (Å²) in [5.41, 5.74) is 1.17. The Morgan fingerprint density at radius 1 is 1.00 bits per heavy atom. The molecule has 1 heterocycles. The molecule has 28 heavy (non-hydrogen) atoms. The van der Waals surface area contributed by atoms with Crippen molar-refractivity contribution >= 4 is 11.8 Å². The van der Waals surface area contributed by atoms with Gasteiger partial charge in [-0.3, -0.25) is 0 Å². The summed E-state index contributed by atoms with van der Waals surface area (Å²) in [6.45, 7) is 8.06. The molecule has 1 aliphatic heterocycles. The summed E-state index contributed by atoms with van der Waals surface area (Å²) in [5, 5.41) is 0. The first kappa shape index (κ1) is 20.0. The normalized spacial score (nSPS) is 14.7. The Labute approximate surface area is 165 Å². The maximum Gasteiger partial charge on any atom is 0.410 e. The van der Waals surface area contributed by atoms with Crippen molar-refractivity contribution < 1.29 is 18.7 Å². The summed E-state index contributed by atoms with van der Waals surface area (Å²) in [7, 11) is 0. The van der Waals surface area contributed by atoms with Crippen molar-refractivity contribution in [1.29, 1.82) is 0 Å². The minimum atomic E-state index is -0.519. The van der Waals surface area contributed by atoms with Crippen molar-refractivity contribution in [3.8, 4) is 5.75 Å². The van der Waals surface area contributed by atoms with Gasteiger partial charge < -0.3 is 19.3 Å². The van der Waals surface area contributed by atoms with Gasteiger partial charge in [0.2, 0.25) is 0 Å². The Morgan fingerprint density at radius 3 is 2.32 bits per heavy atom. The van der Waals surface area contributed by atoms with Gasteiger partial charge in [-0.1, -0.05) is 36.4 Å². The molecule has 3 rings (SSSR count). The standard InChI is InChI=1S/C22H27FN2O3/c1-22(2,3)28-21(26)25-14-12-24(13-15-25)19-11-7-10-18(23)20(19)27-16-17-8-5-4-6-9-17/h4-11H,12-16H2,1-3H3. The molecule has 150 valence electrons. The van der Waals surface area contributed by atoms with Crippen LogP contribution in [0.3, 0.4) is 0 Å². The molecule has 0 radical (unpaired) electrons. The van der Waals surface area contributed by atoms with E-state index in [1.807, 2.05) is 62.1 Å². The molecule has 1 aliphatic rings. The molecule has 6 heteroatoms. The molecule has 0 aromatic heterocycles. The van der Waals surface area contributed by atoms with Crippen LogP contribution in [0.5, 0.6) is 5.75 Å². The lowest BCUT2D eigenvalue weighted by atomic mass is 10.2. The monoisotopic (exact) mass is 386 g/mol. The third-order valence-corrected chi connectivity index (χ3v) is 4.44. The highest BCUT2D eigenvalue weighted by molar-refractivity contribution is 5.69. The van der Waals surface area contributed by atoms with Crippen molar-refractivity contribution in [2.75, 3.05) is 31.1 Å². The zero-order valence-corrected chi connectivity index (χ0v) is 16.7. The number of para-hydroxylation sites is 1. The van der Waals surface area contributed by atoms with Gasteiger partial charge in [-0.15, -0.1) is 0 Å². The van der Waals surface area contributed by atoms with E-state index in [2.05, 4.69) is 0 Å². The number of anilines is 1. The number of hydrogen-bond donors (Lipinski definition) is 0. The fraction of sp³-hybridized carbons (Fsp3) is 0.409. The fourth-order valence-electron chi connectivity index (χ4n) is 3.08. The van der Waals surface area contributed by atoms with E-state index < -0.39 is 5.60 Å². The Morgan fingerprint density at radius 2 is 1.68 bits per heavy atom. The minimum Gasteiger partial charge on any atom is -0.484 e. The minimum absolute atomic E-state index is 0.247. The van der Waals surface area contributed by atoms with E-state index >= 15 is 0 Å². The lowest BCUT2D eigenvalue weighted by Gasteiger charge is -2.37. The Bertz CT molecular complexity index is 797. The van der Waals surface area contributed by atoms with Crippen LogP contribution in [0.25, 0.3) is 0 Å². The number of amides is 1. The zero-order chi connectivity index (χ0) is 20.1. The number of hydrogen-bond acceptors (Lipinski definition) is 4. The molecule has 0 unspecified atom stereocenters. The van der Waals surface area contributed by atoms with Crippen LogP contribution < -0.4 is 9.64 Å². The molecule has 0 saturated carbocycles. The molecule has 0 spiro atoms. The summed E-state index contributed by atoms with van der Waals surface area (Å²) in [4.78, 5) is 16.0. The van der Waals surface area contributed by atoms with Crippen molar-refractivity contribution in [2.45, 2.75) is 33.0 Å². The average Bonchev–Trinajstić information content (AvgIpc) is 2.66. The fourth-order valence-corrected chi connectivity index (χ4v) is 3.08. The molecule has 1 fully saturated rings. The van der Waals surface area contributed by atoms with E-state index in [-0.39, 0.29) is 17.7 Å². The van der Waals surface area contributed by atoms with Crippen LogP contribution in [0, 0.1) is 5.82 Å². The van der Waals surface area contributed by atoms with Crippen LogP contribution in [0.4, 0.5) is 14.9 Å². The van der Waals surface area contributed by atoms with E-state index in [4.69, 9.17) is 9.47 Å². The van der Waals surface area contributed by atoms with Gasteiger partial charge >= 0.3 is 6.09 Å². The molecular formula is C22H27FN2O3. The topological polar surface area (TPSA) is 42.0 Å². The van der Waals surface area contributed by atoms with E-state index in [1.54, 1.807) is 11.0 Å². The van der Waals surface area contributed by atoms with E-state index in [0.717, 1.165) is 5.56 Å². The molecule has 1 saturated heterocycles. The van der Waals surface area contributed by atoms with Gasteiger partial charge in [-0.05, 0) is 38.5 Å². The van der Waals surface area contributed by atoms with Crippen LogP contribution in [-0.2, 0) is 11.3 Å². The van der Waals surface area contributed by atoms with E-state index in [1.165, 1.54) is 6.07 Å². The lowest BCUT2D eigenvalue weighted by molar-refractivity contribution is 0.0240. The molecular weight excluding hydrogens is 359 g/mol. The summed E-state index contributed by atoms with van der Waals surface area (Å²) in [6.07, 6.45) is -0.313. The number of piperazine rings is 1. The number of nitrogens with zero attached hydrogens (tertiary/aromatic N) is 2. The van der Waals surface area contributed by atoms with Gasteiger partial charge in [0, 0.05) is 26.2 Å². The Hall–Kier alpha value is -2.76. The smallest absolute Gasteiger partial charge is 0.410 e. The van der Waals surface area contributed by atoms with Gasteiger partial charge in [0.05, 0.1) is 5.69 Å². The first-order chi connectivity index (χ1) is 13.3. The second-order valence-electron chi connectivity index (χ2n) is 7.82. The maximum absolute atomic E-state index is 14.5. The van der Waals surface area contributed by atoms with Crippen molar-refractivity contribution in [3.63, 3.8) is 0 Å². The van der Waals surface area contributed by atoms with Gasteiger partial charge in [-0.25, -0.2) is 9.18 Å². The molecule has 0 N–H and O–H groups in total. The third kappa shape index (κ3) is 5.15. The largest absolute Gasteiger partial charge is 0.484 e. The molecule has 0 atom stereocenters. The van der Waals surface area contributed by atoms with E-state index in [0.29, 0.717) is 38.5 Å². The van der Waals surface area contributed by atoms with Gasteiger partial charge in [-0.2, -0.15) is 0 Å². The quantitative estimate of drug-likeness (QED) is 0.778. The number of halogens is 1. The molecule has 0 bridgehead atoms. The highest BCUT2D eigenvalue weighted by Gasteiger charge is 2.27. The van der Waals surface area contributed by atoms with Gasteiger partial charge in [0.15, 0.2) is 11.6 Å². The first-order valence-corrected chi connectivity index (χ1v) is 9.51. The SMILES string of the molecule is CC(C)(C)OC(=O)N1CCN(c2cccc(F)c2OCc2ccccc2)CC1. The van der Waals surface area contributed by atoms with Crippen LogP contribution in [-0.4, -0.2) is 42.8 Å². The highest BCUT2D eigenvalue weighted by atomic mass is 19.1. The van der Waals surface area contributed by atoms with Crippen molar-refractivity contribution in [1.82, 2.24) is 4.90 Å². The summed E-state index contributed by atoms with van der Waals surface area (Å²) < 4.78 is 25.7. The Balaban J connectivity index is 1.66. The lowest BCUT2D eigenvalue weighted by Crippen LogP contribution is -2.50. The zero-order valence-electron chi connectivity index (χ0n) is 16.7. The second-order valence-corrected chi connectivity index (χ2v) is 7.82. The van der Waals surface area contributed by atoms with Gasteiger partial charge in [0.25, 0.3) is 0 Å². The summed E-state index contributed by atoms with van der Waals surface area (Å²) in [5.74, 6) is -0.139.